The van der Waals surface area contributed by atoms with Crippen LogP contribution in [0.4, 0.5) is 4.39 Å². The first-order chi connectivity index (χ1) is 5.74. The van der Waals surface area contributed by atoms with Crippen molar-refractivity contribution in [1.82, 2.24) is 0 Å². The van der Waals surface area contributed by atoms with E-state index in [1.807, 2.05) is 0 Å². The monoisotopic (exact) mass is 202 g/mol. The van der Waals surface area contributed by atoms with E-state index in [-0.39, 0.29) is 5.82 Å². The molecule has 0 amide bonds. The average molecular weight is 203 g/mol. The van der Waals surface area contributed by atoms with Crippen molar-refractivity contribution >= 4 is 29.2 Å². The molecule has 0 N–H and O–H groups in total. The molecule has 3 heteroatoms. The smallest absolute Gasteiger partial charge is 0.127 e. The summed E-state index contributed by atoms with van der Waals surface area (Å²) in [6.07, 6.45) is 1.36. The second kappa shape index (κ2) is 4.53. The van der Waals surface area contributed by atoms with Gasteiger partial charge in [0.05, 0.1) is 0 Å². The number of thiocarbonyl (C=S) groups is 1. The van der Waals surface area contributed by atoms with E-state index in [1.165, 1.54) is 6.07 Å². The SMILES string of the molecule is Fc1cc(Cl)ccc1CCC=S. The van der Waals surface area contributed by atoms with Crippen molar-refractivity contribution in [2.24, 2.45) is 0 Å². The largest absolute Gasteiger partial charge is 0.207 e. The Morgan fingerprint density at radius 1 is 1.50 bits per heavy atom. The fourth-order valence-corrected chi connectivity index (χ4v) is 1.22. The molecule has 1 rings (SSSR count). The molecule has 0 aliphatic rings. The topological polar surface area (TPSA) is 0 Å². The van der Waals surface area contributed by atoms with Crippen LogP contribution < -0.4 is 0 Å². The summed E-state index contributed by atoms with van der Waals surface area (Å²) < 4.78 is 13.0. The molecule has 1 aromatic carbocycles. The maximum Gasteiger partial charge on any atom is 0.127 e. The summed E-state index contributed by atoms with van der Waals surface area (Å²) in [5, 5.41) is 2.03. The van der Waals surface area contributed by atoms with Gasteiger partial charge in [0.15, 0.2) is 0 Å². The molecule has 0 aliphatic heterocycles. The molecular formula is C9H8ClFS. The summed E-state index contributed by atoms with van der Waals surface area (Å²) >= 11 is 10.2. The Hall–Kier alpha value is -0.470. The van der Waals surface area contributed by atoms with Crippen molar-refractivity contribution in [3.63, 3.8) is 0 Å². The van der Waals surface area contributed by atoms with Crippen LogP contribution in [0.15, 0.2) is 18.2 Å². The van der Waals surface area contributed by atoms with Gasteiger partial charge in [-0.3, -0.25) is 0 Å². The van der Waals surface area contributed by atoms with Gasteiger partial charge in [0.1, 0.15) is 5.82 Å². The Morgan fingerprint density at radius 2 is 2.25 bits per heavy atom. The van der Waals surface area contributed by atoms with E-state index in [0.29, 0.717) is 23.4 Å². The van der Waals surface area contributed by atoms with Crippen LogP contribution in [0.25, 0.3) is 0 Å². The number of aryl methyl sites for hydroxylation is 1. The minimum atomic E-state index is -0.251. The maximum atomic E-state index is 13.0. The van der Waals surface area contributed by atoms with E-state index < -0.39 is 0 Å². The van der Waals surface area contributed by atoms with Gasteiger partial charge in [0.2, 0.25) is 0 Å². The lowest BCUT2D eigenvalue weighted by Crippen LogP contribution is -1.90. The third kappa shape index (κ3) is 2.54. The maximum absolute atomic E-state index is 13.0. The molecule has 0 atom stereocenters. The minimum Gasteiger partial charge on any atom is -0.207 e. The van der Waals surface area contributed by atoms with E-state index in [2.05, 4.69) is 12.2 Å². The van der Waals surface area contributed by atoms with Gasteiger partial charge in [-0.05, 0) is 35.9 Å². The molecule has 0 spiro atoms. The van der Waals surface area contributed by atoms with Gasteiger partial charge >= 0.3 is 0 Å². The summed E-state index contributed by atoms with van der Waals surface area (Å²) in [7, 11) is 0. The van der Waals surface area contributed by atoms with Crippen molar-refractivity contribution in [3.05, 3.63) is 34.6 Å². The standard InChI is InChI=1S/C9H8ClFS/c10-8-4-3-7(2-1-5-12)9(11)6-8/h3-6H,1-2H2. The summed E-state index contributed by atoms with van der Waals surface area (Å²) in [4.78, 5) is 0. The normalized spacial score (nSPS) is 9.83. The molecule has 0 saturated carbocycles. The van der Waals surface area contributed by atoms with Gasteiger partial charge in [0, 0.05) is 5.02 Å². The molecule has 0 radical (unpaired) electrons. The Morgan fingerprint density at radius 3 is 2.83 bits per heavy atom. The van der Waals surface area contributed by atoms with Crippen molar-refractivity contribution in [1.29, 1.82) is 0 Å². The Kier molecular flexibility index (Phi) is 3.63. The first-order valence-electron chi connectivity index (χ1n) is 3.61. The third-order valence-corrected chi connectivity index (χ3v) is 2.02. The van der Waals surface area contributed by atoms with Crippen molar-refractivity contribution in [3.8, 4) is 0 Å². The molecule has 0 unspecified atom stereocenters. The predicted molar refractivity (Wildman–Crippen MR) is 53.4 cm³/mol. The molecule has 0 fully saturated rings. The molecule has 0 bridgehead atoms. The predicted octanol–water partition coefficient (Wildman–Crippen LogP) is 3.41. The van der Waals surface area contributed by atoms with Gasteiger partial charge in [0.25, 0.3) is 0 Å². The zero-order valence-electron chi connectivity index (χ0n) is 6.39. The van der Waals surface area contributed by atoms with Crippen LogP contribution in [-0.2, 0) is 6.42 Å². The Balaban J connectivity index is 2.78. The Bertz CT molecular complexity index is 286. The fourth-order valence-electron chi connectivity index (χ4n) is 0.939. The van der Waals surface area contributed by atoms with E-state index in [1.54, 1.807) is 17.5 Å². The van der Waals surface area contributed by atoms with Crippen LogP contribution >= 0.6 is 23.8 Å². The summed E-state index contributed by atoms with van der Waals surface area (Å²) in [6.45, 7) is 0. The van der Waals surface area contributed by atoms with Crippen LogP contribution in [0.2, 0.25) is 5.02 Å². The highest BCUT2D eigenvalue weighted by molar-refractivity contribution is 7.78. The molecule has 0 heterocycles. The van der Waals surface area contributed by atoms with Crippen molar-refractivity contribution in [2.45, 2.75) is 12.8 Å². The molecule has 0 aromatic heterocycles. The fraction of sp³-hybridized carbons (Fsp3) is 0.222. The van der Waals surface area contributed by atoms with Gasteiger partial charge in [-0.1, -0.05) is 29.9 Å². The summed E-state index contributed by atoms with van der Waals surface area (Å²) in [5.74, 6) is -0.251. The molecule has 64 valence electrons. The number of hydrogen-bond acceptors (Lipinski definition) is 1. The number of halogens is 2. The van der Waals surface area contributed by atoms with E-state index in [4.69, 9.17) is 11.6 Å². The van der Waals surface area contributed by atoms with E-state index in [0.717, 1.165) is 0 Å². The van der Waals surface area contributed by atoms with Gasteiger partial charge in [-0.15, -0.1) is 0 Å². The number of hydrogen-bond donors (Lipinski definition) is 0. The molecule has 0 aliphatic carbocycles. The lowest BCUT2D eigenvalue weighted by atomic mass is 10.1. The summed E-state index contributed by atoms with van der Waals surface area (Å²) in [5.41, 5.74) is 0.667. The van der Waals surface area contributed by atoms with Gasteiger partial charge in [-0.2, -0.15) is 0 Å². The quantitative estimate of drug-likeness (QED) is 0.677. The lowest BCUT2D eigenvalue weighted by Gasteiger charge is -2.00. The number of rotatable bonds is 3. The summed E-state index contributed by atoms with van der Waals surface area (Å²) in [6, 6.07) is 4.69. The van der Waals surface area contributed by atoms with Gasteiger partial charge in [-0.25, -0.2) is 4.39 Å². The Labute approximate surface area is 81.4 Å². The van der Waals surface area contributed by atoms with E-state index in [9.17, 15) is 4.39 Å². The zero-order chi connectivity index (χ0) is 8.97. The van der Waals surface area contributed by atoms with Gasteiger partial charge < -0.3 is 0 Å². The highest BCUT2D eigenvalue weighted by Crippen LogP contribution is 2.15. The molecule has 0 saturated heterocycles. The molecule has 0 nitrogen and oxygen atoms in total. The zero-order valence-corrected chi connectivity index (χ0v) is 7.96. The first kappa shape index (κ1) is 9.62. The van der Waals surface area contributed by atoms with Crippen molar-refractivity contribution in [2.75, 3.05) is 0 Å². The number of benzene rings is 1. The highest BCUT2D eigenvalue weighted by Gasteiger charge is 2.00. The molecule has 1 aromatic rings. The molecule has 12 heavy (non-hydrogen) atoms. The third-order valence-electron chi connectivity index (χ3n) is 1.55. The van der Waals surface area contributed by atoms with E-state index >= 15 is 0 Å². The first-order valence-corrected chi connectivity index (χ1v) is 4.46. The van der Waals surface area contributed by atoms with Crippen LogP contribution in [0.5, 0.6) is 0 Å². The average Bonchev–Trinajstić information content (AvgIpc) is 2.03. The van der Waals surface area contributed by atoms with Crippen LogP contribution in [-0.4, -0.2) is 5.37 Å². The second-order valence-electron chi connectivity index (χ2n) is 2.44. The van der Waals surface area contributed by atoms with Crippen LogP contribution in [0.1, 0.15) is 12.0 Å². The second-order valence-corrected chi connectivity index (χ2v) is 3.21. The van der Waals surface area contributed by atoms with Crippen LogP contribution in [0, 0.1) is 5.82 Å². The minimum absolute atomic E-state index is 0.251. The molecular weight excluding hydrogens is 195 g/mol. The highest BCUT2D eigenvalue weighted by atomic mass is 35.5. The van der Waals surface area contributed by atoms with Crippen LogP contribution in [0.3, 0.4) is 0 Å². The lowest BCUT2D eigenvalue weighted by molar-refractivity contribution is 0.611. The van der Waals surface area contributed by atoms with Crippen molar-refractivity contribution < 1.29 is 4.39 Å².